The van der Waals surface area contributed by atoms with E-state index in [1.54, 1.807) is 30.5 Å². The number of amides is 2. The van der Waals surface area contributed by atoms with Crippen LogP contribution in [0.3, 0.4) is 0 Å². The Kier molecular flexibility index (Phi) is 5.72. The Bertz CT molecular complexity index is 1260. The lowest BCUT2D eigenvalue weighted by Crippen LogP contribution is -2.14. The molecule has 2 N–H and O–H groups in total. The molecule has 0 spiro atoms. The van der Waals surface area contributed by atoms with Gasteiger partial charge in [-0.2, -0.15) is 5.10 Å². The largest absolute Gasteiger partial charge is 0.326 e. The van der Waals surface area contributed by atoms with Crippen molar-refractivity contribution in [2.45, 2.75) is 19.4 Å². The third kappa shape index (κ3) is 5.01. The Labute approximate surface area is 192 Å². The fourth-order valence-corrected chi connectivity index (χ4v) is 3.73. The number of nitrogens with zero attached hydrogens (tertiary/aromatic N) is 2. The van der Waals surface area contributed by atoms with Crippen molar-refractivity contribution in [3.8, 4) is 11.1 Å². The summed E-state index contributed by atoms with van der Waals surface area (Å²) in [7, 11) is 0. The first-order chi connectivity index (χ1) is 16.2. The van der Waals surface area contributed by atoms with E-state index in [9.17, 15) is 9.59 Å². The van der Waals surface area contributed by atoms with Crippen molar-refractivity contribution in [3.05, 3.63) is 102 Å². The molecule has 6 nitrogen and oxygen atoms in total. The molecule has 164 valence electrons. The van der Waals surface area contributed by atoms with Crippen molar-refractivity contribution in [1.29, 1.82) is 0 Å². The molecule has 0 unspecified atom stereocenters. The van der Waals surface area contributed by atoms with Crippen LogP contribution in [0.2, 0.25) is 0 Å². The monoisotopic (exact) mass is 436 g/mol. The molecule has 0 aliphatic heterocycles. The van der Waals surface area contributed by atoms with Gasteiger partial charge in [-0.25, -0.2) is 0 Å². The van der Waals surface area contributed by atoms with Gasteiger partial charge in [-0.05, 0) is 65.9 Å². The molecular weight excluding hydrogens is 412 g/mol. The number of hydrogen-bond donors (Lipinski definition) is 2. The second kappa shape index (κ2) is 9.12. The van der Waals surface area contributed by atoms with Gasteiger partial charge in [0.05, 0.1) is 6.54 Å². The minimum absolute atomic E-state index is 0.0661. The third-order valence-electron chi connectivity index (χ3n) is 5.70. The summed E-state index contributed by atoms with van der Waals surface area (Å²) < 4.78 is 1.87. The number of hydrogen-bond acceptors (Lipinski definition) is 3. The van der Waals surface area contributed by atoms with E-state index in [2.05, 4.69) is 27.9 Å². The maximum absolute atomic E-state index is 13.1. The van der Waals surface area contributed by atoms with E-state index in [1.165, 1.54) is 0 Å². The zero-order valence-corrected chi connectivity index (χ0v) is 18.1. The van der Waals surface area contributed by atoms with Gasteiger partial charge in [0.25, 0.3) is 5.91 Å². The zero-order valence-electron chi connectivity index (χ0n) is 18.1. The Balaban J connectivity index is 1.29. The summed E-state index contributed by atoms with van der Waals surface area (Å²) in [5.74, 6) is 0.0397. The van der Waals surface area contributed by atoms with Crippen LogP contribution in [0.5, 0.6) is 0 Å². The lowest BCUT2D eigenvalue weighted by molar-refractivity contribution is -0.117. The molecule has 1 saturated carbocycles. The Morgan fingerprint density at radius 3 is 2.21 bits per heavy atom. The second-order valence-electron chi connectivity index (χ2n) is 8.24. The molecule has 1 aromatic heterocycles. The van der Waals surface area contributed by atoms with Gasteiger partial charge in [-0.1, -0.05) is 42.5 Å². The number of aromatic nitrogens is 2. The van der Waals surface area contributed by atoms with Gasteiger partial charge in [0.2, 0.25) is 5.91 Å². The molecule has 33 heavy (non-hydrogen) atoms. The van der Waals surface area contributed by atoms with Gasteiger partial charge in [0.15, 0.2) is 0 Å². The lowest BCUT2D eigenvalue weighted by atomic mass is 9.98. The Hall–Kier alpha value is -4.19. The maximum Gasteiger partial charge on any atom is 0.256 e. The van der Waals surface area contributed by atoms with Crippen LogP contribution < -0.4 is 10.6 Å². The molecule has 0 atom stereocenters. The average molecular weight is 437 g/mol. The van der Waals surface area contributed by atoms with Crippen LogP contribution in [0.1, 0.15) is 28.8 Å². The van der Waals surface area contributed by atoms with Gasteiger partial charge in [-0.15, -0.1) is 0 Å². The normalized spacial score (nSPS) is 12.8. The molecule has 1 fully saturated rings. The summed E-state index contributed by atoms with van der Waals surface area (Å²) >= 11 is 0. The van der Waals surface area contributed by atoms with Crippen LogP contribution >= 0.6 is 0 Å². The first kappa shape index (κ1) is 20.7. The summed E-state index contributed by atoms with van der Waals surface area (Å²) in [5, 5.41) is 10.1. The van der Waals surface area contributed by atoms with Crippen molar-refractivity contribution in [1.82, 2.24) is 9.78 Å². The highest BCUT2D eigenvalue weighted by molar-refractivity contribution is 6.08. The Morgan fingerprint density at radius 1 is 0.848 bits per heavy atom. The second-order valence-corrected chi connectivity index (χ2v) is 8.24. The highest BCUT2D eigenvalue weighted by Crippen LogP contribution is 2.30. The van der Waals surface area contributed by atoms with Gasteiger partial charge >= 0.3 is 0 Å². The van der Waals surface area contributed by atoms with Crippen molar-refractivity contribution in [2.75, 3.05) is 10.6 Å². The minimum Gasteiger partial charge on any atom is -0.326 e. The van der Waals surface area contributed by atoms with E-state index in [0.717, 1.165) is 35.2 Å². The highest BCUT2D eigenvalue weighted by atomic mass is 16.2. The Morgan fingerprint density at radius 2 is 1.55 bits per heavy atom. The van der Waals surface area contributed by atoms with Crippen molar-refractivity contribution in [3.63, 3.8) is 0 Å². The van der Waals surface area contributed by atoms with Gasteiger partial charge in [-0.3, -0.25) is 14.3 Å². The van der Waals surface area contributed by atoms with Gasteiger partial charge in [0, 0.05) is 35.2 Å². The first-order valence-electron chi connectivity index (χ1n) is 11.0. The molecule has 0 radical (unpaired) electrons. The fraction of sp³-hybridized carbons (Fsp3) is 0.148. The summed E-state index contributed by atoms with van der Waals surface area (Å²) in [4.78, 5) is 25.0. The van der Waals surface area contributed by atoms with E-state index < -0.39 is 0 Å². The van der Waals surface area contributed by atoms with E-state index in [0.29, 0.717) is 17.8 Å². The smallest absolute Gasteiger partial charge is 0.256 e. The van der Waals surface area contributed by atoms with Crippen LogP contribution in [-0.4, -0.2) is 21.6 Å². The quantitative estimate of drug-likeness (QED) is 0.418. The molecule has 1 aliphatic rings. The molecule has 0 bridgehead atoms. The van der Waals surface area contributed by atoms with Crippen LogP contribution in [0, 0.1) is 5.92 Å². The average Bonchev–Trinajstić information content (AvgIpc) is 3.58. The highest BCUT2D eigenvalue weighted by Gasteiger charge is 2.29. The number of nitrogens with one attached hydrogen (secondary N) is 2. The van der Waals surface area contributed by atoms with Crippen molar-refractivity contribution in [2.24, 2.45) is 5.92 Å². The standard InChI is InChI=1S/C27H24N4O2/c32-26(21-10-11-21)29-22-12-14-23(15-13-22)30-27(33)25-5-2-1-4-24(25)20-8-6-19(7-9-20)18-31-17-3-16-28-31/h1-9,12-17,21H,10-11,18H2,(H,29,32)(H,30,33). The van der Waals surface area contributed by atoms with Crippen LogP contribution in [0.25, 0.3) is 11.1 Å². The lowest BCUT2D eigenvalue weighted by Gasteiger charge is -2.12. The van der Waals surface area contributed by atoms with E-state index in [4.69, 9.17) is 0 Å². The third-order valence-corrected chi connectivity index (χ3v) is 5.70. The molecule has 6 heteroatoms. The SMILES string of the molecule is O=C(Nc1ccc(NC(=O)C2CC2)cc1)c1ccccc1-c1ccc(Cn2cccn2)cc1. The zero-order chi connectivity index (χ0) is 22.6. The number of carbonyl (C=O) groups is 2. The summed E-state index contributed by atoms with van der Waals surface area (Å²) in [6.45, 7) is 0.701. The predicted octanol–water partition coefficient (Wildman–Crippen LogP) is 5.20. The molecule has 3 aromatic carbocycles. The van der Waals surface area contributed by atoms with E-state index in [1.807, 2.05) is 53.3 Å². The maximum atomic E-state index is 13.1. The molecule has 1 heterocycles. The predicted molar refractivity (Wildman–Crippen MR) is 129 cm³/mol. The topological polar surface area (TPSA) is 76.0 Å². The number of carbonyl (C=O) groups excluding carboxylic acids is 2. The summed E-state index contributed by atoms with van der Waals surface area (Å²) in [6, 6.07) is 24.9. The van der Waals surface area contributed by atoms with Crippen molar-refractivity contribution >= 4 is 23.2 Å². The number of anilines is 2. The van der Waals surface area contributed by atoms with Crippen LogP contribution in [-0.2, 0) is 11.3 Å². The van der Waals surface area contributed by atoms with Crippen LogP contribution in [0.4, 0.5) is 11.4 Å². The summed E-state index contributed by atoms with van der Waals surface area (Å²) in [5.41, 5.74) is 4.99. The molecule has 0 saturated heterocycles. The van der Waals surface area contributed by atoms with Gasteiger partial charge < -0.3 is 10.6 Å². The molecule has 1 aliphatic carbocycles. The molecular formula is C27H24N4O2. The molecule has 5 rings (SSSR count). The van der Waals surface area contributed by atoms with Gasteiger partial charge in [0.1, 0.15) is 0 Å². The number of benzene rings is 3. The number of rotatable bonds is 7. The van der Waals surface area contributed by atoms with Crippen molar-refractivity contribution < 1.29 is 9.59 Å². The first-order valence-corrected chi connectivity index (χ1v) is 11.0. The van der Waals surface area contributed by atoms with Crippen LogP contribution in [0.15, 0.2) is 91.3 Å². The summed E-state index contributed by atoms with van der Waals surface area (Å²) in [6.07, 6.45) is 5.63. The van der Waals surface area contributed by atoms with E-state index in [-0.39, 0.29) is 17.7 Å². The minimum atomic E-state index is -0.180. The molecule has 2 amide bonds. The molecule has 4 aromatic rings. The fourth-order valence-electron chi connectivity index (χ4n) is 3.73. The van der Waals surface area contributed by atoms with E-state index >= 15 is 0 Å².